The van der Waals surface area contributed by atoms with Crippen LogP contribution in [0.1, 0.15) is 78.2 Å². The Morgan fingerprint density at radius 1 is 1.15 bits per heavy atom. The number of carbonyl (C=O) groups is 5. The molecule has 1 saturated carbocycles. The van der Waals surface area contributed by atoms with Crippen LogP contribution in [0.2, 0.25) is 5.02 Å². The van der Waals surface area contributed by atoms with Gasteiger partial charge in [-0.05, 0) is 42.9 Å². The number of rotatable bonds is 11. The maximum absolute atomic E-state index is 14.4. The Hall–Kier alpha value is -3.78. The zero-order valence-electron chi connectivity index (χ0n) is 27.6. The fourth-order valence-corrected chi connectivity index (χ4v) is 6.42. The van der Waals surface area contributed by atoms with Crippen LogP contribution in [0.25, 0.3) is 0 Å². The van der Waals surface area contributed by atoms with E-state index in [9.17, 15) is 28.4 Å². The molecule has 0 aromatic heterocycles. The maximum Gasteiger partial charge on any atom is 0.408 e. The number of ketones is 1. The minimum Gasteiger partial charge on any atom is -0.444 e. The lowest BCUT2D eigenvalue weighted by molar-refractivity contribution is -0.144. The number of ether oxygens (including phenoxy) is 2. The van der Waals surface area contributed by atoms with Gasteiger partial charge in [0.15, 0.2) is 5.60 Å². The molecule has 15 heteroatoms. The van der Waals surface area contributed by atoms with E-state index >= 15 is 0 Å². The highest BCUT2D eigenvalue weighted by Crippen LogP contribution is 2.40. The molecule has 3 N–H and O–H groups in total. The predicted molar refractivity (Wildman–Crippen MR) is 172 cm³/mol. The summed E-state index contributed by atoms with van der Waals surface area (Å²) < 4.78 is 25.0. The van der Waals surface area contributed by atoms with Crippen LogP contribution in [0.5, 0.6) is 0 Å². The molecule has 13 nitrogen and oxygen atoms in total. The highest BCUT2D eigenvalue weighted by atomic mass is 35.5. The molecule has 1 aromatic rings. The van der Waals surface area contributed by atoms with E-state index in [4.69, 9.17) is 25.9 Å². The lowest BCUT2D eigenvalue weighted by Gasteiger charge is -2.35. The summed E-state index contributed by atoms with van der Waals surface area (Å²) in [6, 6.07) is 0.536. The third-order valence-corrected chi connectivity index (χ3v) is 9.12. The fourth-order valence-electron chi connectivity index (χ4n) is 6.20. The summed E-state index contributed by atoms with van der Waals surface area (Å²) in [4.78, 5) is 74.4. The van der Waals surface area contributed by atoms with E-state index in [1.54, 1.807) is 26.8 Å². The van der Waals surface area contributed by atoms with E-state index in [2.05, 4.69) is 21.1 Å². The Morgan fingerprint density at radius 3 is 2.52 bits per heavy atom. The SMILES string of the molecule is CCC[C@H](NC(=O)[C@@H]1C[C@@]2(CC(c3cc(F)cc(Cl)c3)=NO2)CN1C(=O)[C@@H](NC(=O)OC1CCOC1)C(C)(C)C)C(=O)C(=O)NC1CC1. The Balaban J connectivity index is 1.39. The summed E-state index contributed by atoms with van der Waals surface area (Å²) in [5.41, 5.74) is -1.22. The average molecular weight is 692 g/mol. The molecule has 3 fully saturated rings. The molecule has 3 aliphatic heterocycles. The number of nitrogens with one attached hydrogen (secondary N) is 3. The van der Waals surface area contributed by atoms with Crippen molar-refractivity contribution in [3.8, 4) is 0 Å². The van der Waals surface area contributed by atoms with E-state index in [-0.39, 0.29) is 43.5 Å². The summed E-state index contributed by atoms with van der Waals surface area (Å²) in [5.74, 6) is -3.32. The van der Waals surface area contributed by atoms with Gasteiger partial charge in [0.1, 0.15) is 24.0 Å². The fraction of sp³-hybridized carbons (Fsp3) is 0.636. The lowest BCUT2D eigenvalue weighted by atomic mass is 9.85. The number of likely N-dealkylation sites (tertiary alicyclic amines) is 1. The zero-order valence-corrected chi connectivity index (χ0v) is 28.4. The molecule has 1 aliphatic carbocycles. The minimum absolute atomic E-state index is 0.0251. The second-order valence-electron chi connectivity index (χ2n) is 14.1. The predicted octanol–water partition coefficient (Wildman–Crippen LogP) is 3.01. The van der Waals surface area contributed by atoms with Crippen molar-refractivity contribution in [3.63, 3.8) is 0 Å². The van der Waals surface area contributed by atoms with Crippen LogP contribution in [0, 0.1) is 11.2 Å². The van der Waals surface area contributed by atoms with Gasteiger partial charge in [-0.3, -0.25) is 19.2 Å². The van der Waals surface area contributed by atoms with Crippen LogP contribution in [0.15, 0.2) is 23.4 Å². The Morgan fingerprint density at radius 2 is 1.90 bits per heavy atom. The van der Waals surface area contributed by atoms with Gasteiger partial charge < -0.3 is 35.2 Å². The van der Waals surface area contributed by atoms with Gasteiger partial charge in [-0.15, -0.1) is 0 Å². The molecule has 4 aliphatic rings. The molecule has 1 unspecified atom stereocenters. The molecular formula is C33H43ClFN5O8. The van der Waals surface area contributed by atoms with Gasteiger partial charge in [-0.1, -0.05) is 50.9 Å². The lowest BCUT2D eigenvalue weighted by Crippen LogP contribution is -2.59. The standard InChI is InChI=1S/C33H43ClFN5O8/c1-5-6-23(26(41)29(43)36-21-7-8-21)37-28(42)25-15-33(14-24(39-48-33)18-11-19(34)13-20(35)12-18)17-40(25)30(44)27(32(2,3)4)38-31(45)47-22-9-10-46-16-22/h11-13,21-23,25,27H,5-10,14-17H2,1-4H3,(H,36,43)(H,37,42)(H,38,45)/t22?,23-,25-,27+,33-/m0/s1. The van der Waals surface area contributed by atoms with Crippen molar-refractivity contribution in [3.05, 3.63) is 34.6 Å². The van der Waals surface area contributed by atoms with Crippen molar-refractivity contribution in [1.82, 2.24) is 20.9 Å². The normalized spacial score (nSPS) is 24.8. The van der Waals surface area contributed by atoms with Crippen molar-refractivity contribution < 1.29 is 42.7 Å². The molecule has 3 heterocycles. The maximum atomic E-state index is 14.4. The van der Waals surface area contributed by atoms with Gasteiger partial charge in [0.2, 0.25) is 17.6 Å². The van der Waals surface area contributed by atoms with Crippen LogP contribution < -0.4 is 16.0 Å². The molecule has 1 aromatic carbocycles. The van der Waals surface area contributed by atoms with Gasteiger partial charge in [-0.25, -0.2) is 9.18 Å². The Bertz CT molecular complexity index is 1450. The molecule has 5 rings (SSSR count). The number of hydrogen-bond donors (Lipinski definition) is 3. The van der Waals surface area contributed by atoms with E-state index in [1.807, 2.05) is 6.92 Å². The second kappa shape index (κ2) is 14.4. The second-order valence-corrected chi connectivity index (χ2v) is 14.6. The van der Waals surface area contributed by atoms with Crippen LogP contribution in [0.3, 0.4) is 0 Å². The monoisotopic (exact) mass is 691 g/mol. The van der Waals surface area contributed by atoms with Gasteiger partial charge in [-0.2, -0.15) is 0 Å². The first-order valence-electron chi connectivity index (χ1n) is 16.4. The topological polar surface area (TPSA) is 165 Å². The molecule has 1 spiro atoms. The van der Waals surface area contributed by atoms with Crippen LogP contribution in [-0.4, -0.2) is 95.8 Å². The van der Waals surface area contributed by atoms with E-state index in [0.29, 0.717) is 30.7 Å². The molecule has 48 heavy (non-hydrogen) atoms. The van der Waals surface area contributed by atoms with Crippen molar-refractivity contribution in [2.24, 2.45) is 10.6 Å². The molecule has 2 saturated heterocycles. The van der Waals surface area contributed by atoms with Crippen LogP contribution in [0.4, 0.5) is 9.18 Å². The van der Waals surface area contributed by atoms with Gasteiger partial charge >= 0.3 is 6.09 Å². The number of halogens is 2. The summed E-state index contributed by atoms with van der Waals surface area (Å²) in [6.07, 6.45) is 1.69. The first kappa shape index (κ1) is 35.5. The third-order valence-electron chi connectivity index (χ3n) is 8.90. The summed E-state index contributed by atoms with van der Waals surface area (Å²) >= 11 is 6.09. The third kappa shape index (κ3) is 8.43. The van der Waals surface area contributed by atoms with Crippen molar-refractivity contribution in [2.45, 2.75) is 109 Å². The number of hydrogen-bond acceptors (Lipinski definition) is 9. The summed E-state index contributed by atoms with van der Waals surface area (Å²) in [6.45, 7) is 7.74. The first-order chi connectivity index (χ1) is 22.7. The van der Waals surface area contributed by atoms with E-state index in [0.717, 1.165) is 18.9 Å². The Kier molecular flexibility index (Phi) is 10.6. The van der Waals surface area contributed by atoms with Crippen molar-refractivity contribution in [1.29, 1.82) is 0 Å². The molecular weight excluding hydrogens is 649 g/mol. The number of amides is 4. The number of benzene rings is 1. The number of nitrogens with zero attached hydrogens (tertiary/aromatic N) is 2. The van der Waals surface area contributed by atoms with Gasteiger partial charge in [0.25, 0.3) is 5.91 Å². The minimum atomic E-state index is -1.18. The van der Waals surface area contributed by atoms with Crippen molar-refractivity contribution in [2.75, 3.05) is 19.8 Å². The van der Waals surface area contributed by atoms with Gasteiger partial charge in [0, 0.05) is 35.9 Å². The average Bonchev–Trinajstić information content (AvgIpc) is 3.37. The highest BCUT2D eigenvalue weighted by Gasteiger charge is 2.56. The molecule has 0 bridgehead atoms. The van der Waals surface area contributed by atoms with Crippen molar-refractivity contribution >= 4 is 46.9 Å². The Labute approximate surface area is 283 Å². The number of alkyl carbamates (subject to hydrolysis) is 1. The smallest absolute Gasteiger partial charge is 0.408 e. The quantitative estimate of drug-likeness (QED) is 0.298. The molecule has 0 radical (unpaired) electrons. The summed E-state index contributed by atoms with van der Waals surface area (Å²) in [5, 5.41) is 12.4. The van der Waals surface area contributed by atoms with Crippen LogP contribution >= 0.6 is 11.6 Å². The highest BCUT2D eigenvalue weighted by molar-refractivity contribution is 6.38. The molecule has 4 amide bonds. The number of Topliss-reactive ketones (excluding diaryl/α,β-unsaturated/α-hetero) is 1. The van der Waals surface area contributed by atoms with E-state index in [1.165, 1.54) is 11.0 Å². The molecule has 262 valence electrons. The largest absolute Gasteiger partial charge is 0.444 e. The first-order valence-corrected chi connectivity index (χ1v) is 16.8. The zero-order chi connectivity index (χ0) is 34.8. The molecule has 5 atom stereocenters. The number of oxime groups is 1. The van der Waals surface area contributed by atoms with E-state index < -0.39 is 70.7 Å². The van der Waals surface area contributed by atoms with Gasteiger partial charge in [0.05, 0.1) is 31.5 Å². The van der Waals surface area contributed by atoms with Crippen LogP contribution in [-0.2, 0) is 33.5 Å². The number of carbonyl (C=O) groups excluding carboxylic acids is 5. The summed E-state index contributed by atoms with van der Waals surface area (Å²) in [7, 11) is 0.